The molecule has 2 aliphatic carbocycles. The zero-order valence-electron chi connectivity index (χ0n) is 18.4. The molecule has 29 heavy (non-hydrogen) atoms. The molecule has 3 aromatic rings. The first-order valence-electron chi connectivity index (χ1n) is 10.7. The van der Waals surface area contributed by atoms with Crippen molar-refractivity contribution in [1.82, 2.24) is 0 Å². The van der Waals surface area contributed by atoms with Gasteiger partial charge in [0.05, 0.1) is 0 Å². The molecule has 0 nitrogen and oxygen atoms in total. The van der Waals surface area contributed by atoms with Crippen LogP contribution in [0.2, 0.25) is 0 Å². The van der Waals surface area contributed by atoms with Crippen LogP contribution in [0, 0.1) is 0 Å². The van der Waals surface area contributed by atoms with E-state index in [1.807, 2.05) is 11.8 Å². The summed E-state index contributed by atoms with van der Waals surface area (Å²) in [6, 6.07) is 11.7. The maximum atomic E-state index is 2.46. The lowest BCUT2D eigenvalue weighted by molar-refractivity contribution is 0.596. The Labute approximate surface area is 179 Å². The van der Waals surface area contributed by atoms with Gasteiger partial charge in [0, 0.05) is 10.7 Å². The van der Waals surface area contributed by atoms with Crippen molar-refractivity contribution >= 4 is 45.5 Å². The van der Waals surface area contributed by atoms with Crippen LogP contribution in [0.1, 0.15) is 68.4 Å². The first-order valence-corrected chi connectivity index (χ1v) is 11.9. The average molecular weight is 399 g/mol. The lowest BCUT2D eigenvalue weighted by atomic mass is 9.71. The van der Waals surface area contributed by atoms with Gasteiger partial charge in [0.1, 0.15) is 0 Å². The van der Waals surface area contributed by atoms with Crippen molar-refractivity contribution in [3.05, 3.63) is 70.3 Å². The van der Waals surface area contributed by atoms with E-state index in [0.29, 0.717) is 5.92 Å². The van der Waals surface area contributed by atoms with E-state index in [1.165, 1.54) is 43.8 Å². The molecule has 0 heterocycles. The van der Waals surface area contributed by atoms with Crippen LogP contribution in [0.15, 0.2) is 42.5 Å². The largest absolute Gasteiger partial charge is 0.158 e. The summed E-state index contributed by atoms with van der Waals surface area (Å²) in [6.45, 7) is 11.8. The Balaban J connectivity index is 2.07. The van der Waals surface area contributed by atoms with Gasteiger partial charge in [-0.05, 0) is 81.3 Å². The Morgan fingerprint density at radius 3 is 2.41 bits per heavy atom. The van der Waals surface area contributed by atoms with Gasteiger partial charge in [-0.2, -0.15) is 11.8 Å². The van der Waals surface area contributed by atoms with E-state index < -0.39 is 0 Å². The summed E-state index contributed by atoms with van der Waals surface area (Å²) >= 11 is 1.97. The van der Waals surface area contributed by atoms with Crippen LogP contribution in [0.5, 0.6) is 0 Å². The number of rotatable bonds is 2. The predicted molar refractivity (Wildman–Crippen MR) is 132 cm³/mol. The molecule has 0 saturated carbocycles. The molecule has 2 aliphatic rings. The maximum Gasteiger partial charge on any atom is 0.0204 e. The Bertz CT molecular complexity index is 1210. The first-order chi connectivity index (χ1) is 13.7. The van der Waals surface area contributed by atoms with Gasteiger partial charge < -0.3 is 0 Å². The minimum absolute atomic E-state index is 0.103. The van der Waals surface area contributed by atoms with Gasteiger partial charge in [-0.3, -0.25) is 0 Å². The third-order valence-electron chi connectivity index (χ3n) is 6.97. The summed E-state index contributed by atoms with van der Waals surface area (Å²) in [6.07, 6.45) is 12.9. The fourth-order valence-corrected chi connectivity index (χ4v) is 5.77. The lowest BCUT2D eigenvalue weighted by Gasteiger charge is -2.37. The highest BCUT2D eigenvalue weighted by atomic mass is 32.2. The Morgan fingerprint density at radius 1 is 0.897 bits per heavy atom. The van der Waals surface area contributed by atoms with Crippen LogP contribution in [-0.4, -0.2) is 11.0 Å². The highest BCUT2D eigenvalue weighted by Crippen LogP contribution is 2.52. The predicted octanol–water partition coefficient (Wildman–Crippen LogP) is 8.11. The molecule has 0 radical (unpaired) electrons. The Hall–Kier alpha value is -1.99. The number of allylic oxidation sites excluding steroid dienone is 2. The van der Waals surface area contributed by atoms with Crippen molar-refractivity contribution in [2.24, 2.45) is 0 Å². The van der Waals surface area contributed by atoms with Gasteiger partial charge in [0.2, 0.25) is 0 Å². The SMILES string of the molecule is CSC(C)(C)C1C=Cc2ccc(C(C)(C)C)c3c2c1c1c2c(cccc23)CC=C1. The summed E-state index contributed by atoms with van der Waals surface area (Å²) in [5.41, 5.74) is 7.41. The molecule has 3 aromatic carbocycles. The number of hydrogen-bond acceptors (Lipinski definition) is 1. The van der Waals surface area contributed by atoms with E-state index in [1.54, 1.807) is 5.56 Å². The first kappa shape index (κ1) is 19.0. The topological polar surface area (TPSA) is 0 Å². The zero-order chi connectivity index (χ0) is 20.6. The van der Waals surface area contributed by atoms with Crippen LogP contribution in [0.4, 0.5) is 0 Å². The third kappa shape index (κ3) is 2.66. The third-order valence-corrected chi connectivity index (χ3v) is 8.28. The summed E-state index contributed by atoms with van der Waals surface area (Å²) in [4.78, 5) is 0. The second-order valence-electron chi connectivity index (χ2n) is 10.1. The van der Waals surface area contributed by atoms with Crippen LogP contribution in [0.25, 0.3) is 33.7 Å². The number of benzene rings is 3. The van der Waals surface area contributed by atoms with E-state index in [2.05, 4.69) is 95.5 Å². The van der Waals surface area contributed by atoms with Gasteiger partial charge in [-0.15, -0.1) is 0 Å². The van der Waals surface area contributed by atoms with Gasteiger partial charge in [0.15, 0.2) is 0 Å². The van der Waals surface area contributed by atoms with Crippen molar-refractivity contribution in [2.75, 3.05) is 6.26 Å². The highest BCUT2D eigenvalue weighted by Gasteiger charge is 2.35. The molecule has 1 heteroatoms. The van der Waals surface area contributed by atoms with E-state index in [0.717, 1.165) is 6.42 Å². The molecule has 0 amide bonds. The average Bonchev–Trinajstić information content (AvgIpc) is 2.70. The van der Waals surface area contributed by atoms with Crippen molar-refractivity contribution in [3.63, 3.8) is 0 Å². The summed E-state index contributed by atoms with van der Waals surface area (Å²) in [7, 11) is 0. The van der Waals surface area contributed by atoms with E-state index in [9.17, 15) is 0 Å². The van der Waals surface area contributed by atoms with E-state index in [-0.39, 0.29) is 10.2 Å². The normalized spacial score (nSPS) is 18.1. The molecule has 0 bridgehead atoms. The molecule has 1 atom stereocenters. The molecule has 0 aliphatic heterocycles. The molecule has 5 rings (SSSR count). The second-order valence-corrected chi connectivity index (χ2v) is 11.6. The Kier molecular flexibility index (Phi) is 4.10. The van der Waals surface area contributed by atoms with Gasteiger partial charge in [-0.1, -0.05) is 75.4 Å². The molecule has 0 aromatic heterocycles. The van der Waals surface area contributed by atoms with Crippen LogP contribution >= 0.6 is 11.8 Å². The summed E-state index contributed by atoms with van der Waals surface area (Å²) in [5.74, 6) is 0.401. The smallest absolute Gasteiger partial charge is 0.0204 e. The summed E-state index contributed by atoms with van der Waals surface area (Å²) in [5, 5.41) is 5.88. The van der Waals surface area contributed by atoms with Crippen molar-refractivity contribution in [3.8, 4) is 0 Å². The van der Waals surface area contributed by atoms with Crippen molar-refractivity contribution < 1.29 is 0 Å². The van der Waals surface area contributed by atoms with Gasteiger partial charge in [-0.25, -0.2) is 0 Å². The quantitative estimate of drug-likeness (QED) is 0.393. The number of thioether (sulfide) groups is 1. The minimum Gasteiger partial charge on any atom is -0.158 e. The standard InChI is InChI=1S/C28H30S/c1-27(2,3)21-15-13-18-14-16-22(28(4,5)29-6)26-20-12-8-10-17-9-7-11-19(23(17)20)25(21)24(18)26/h7-9,11-16,22H,10H2,1-6H3. The van der Waals surface area contributed by atoms with Crippen LogP contribution < -0.4 is 0 Å². The maximum absolute atomic E-state index is 2.46. The van der Waals surface area contributed by atoms with Gasteiger partial charge >= 0.3 is 0 Å². The molecule has 1 unspecified atom stereocenters. The highest BCUT2D eigenvalue weighted by molar-refractivity contribution is 8.00. The molecule has 0 N–H and O–H groups in total. The second kappa shape index (κ2) is 6.25. The monoisotopic (exact) mass is 398 g/mol. The van der Waals surface area contributed by atoms with Crippen LogP contribution in [0.3, 0.4) is 0 Å². The molecular weight excluding hydrogens is 368 g/mol. The van der Waals surface area contributed by atoms with Crippen molar-refractivity contribution in [2.45, 2.75) is 57.1 Å². The zero-order valence-corrected chi connectivity index (χ0v) is 19.2. The fourth-order valence-electron chi connectivity index (χ4n) is 5.32. The van der Waals surface area contributed by atoms with E-state index in [4.69, 9.17) is 0 Å². The molecule has 0 fully saturated rings. The fraction of sp³-hybridized carbons (Fsp3) is 0.357. The van der Waals surface area contributed by atoms with Crippen molar-refractivity contribution in [1.29, 1.82) is 0 Å². The minimum atomic E-state index is 0.103. The molecule has 0 saturated heterocycles. The number of fused-ring (bicyclic) bond motifs is 2. The van der Waals surface area contributed by atoms with E-state index >= 15 is 0 Å². The molecule has 0 spiro atoms. The van der Waals surface area contributed by atoms with Crippen LogP contribution in [-0.2, 0) is 11.8 Å². The Morgan fingerprint density at radius 2 is 1.69 bits per heavy atom. The lowest BCUT2D eigenvalue weighted by Crippen LogP contribution is -2.26. The molecular formula is C28H30S. The number of hydrogen-bond donors (Lipinski definition) is 0. The molecule has 148 valence electrons. The summed E-state index contributed by atoms with van der Waals surface area (Å²) < 4.78 is 0.142. The van der Waals surface area contributed by atoms with Gasteiger partial charge in [0.25, 0.3) is 0 Å².